The Kier molecular flexibility index (Phi) is 3.91. The van der Waals surface area contributed by atoms with Crippen molar-refractivity contribution in [2.24, 2.45) is 0 Å². The minimum atomic E-state index is -0.285. The van der Waals surface area contributed by atoms with Crippen LogP contribution in [0.4, 0.5) is 0 Å². The van der Waals surface area contributed by atoms with Gasteiger partial charge in [-0.1, -0.05) is 22.0 Å². The predicted molar refractivity (Wildman–Crippen MR) is 64.8 cm³/mol. The summed E-state index contributed by atoms with van der Waals surface area (Å²) in [6.07, 6.45) is 0. The molecule has 0 aliphatic carbocycles. The summed E-state index contributed by atoms with van der Waals surface area (Å²) in [4.78, 5) is 11.0. The molecule has 1 unspecified atom stereocenters. The summed E-state index contributed by atoms with van der Waals surface area (Å²) in [7, 11) is 1.62. The normalized spacial score (nSPS) is 12.3. The first-order chi connectivity index (χ1) is 6.97. The first-order valence-electron chi connectivity index (χ1n) is 4.77. The number of carbonyl (C=O) groups is 1. The van der Waals surface area contributed by atoms with E-state index in [2.05, 4.69) is 15.9 Å². The summed E-state index contributed by atoms with van der Waals surface area (Å²) < 4.78 is 5.27. The van der Waals surface area contributed by atoms with E-state index < -0.39 is 0 Å². The summed E-state index contributed by atoms with van der Waals surface area (Å²) in [5, 5.41) is 0. The molecule has 1 atom stereocenters. The molecule has 0 N–H and O–H groups in total. The Morgan fingerprint density at radius 3 is 2.33 bits per heavy atom. The lowest BCUT2D eigenvalue weighted by Crippen LogP contribution is -2.04. The molecule has 15 heavy (non-hydrogen) atoms. The molecule has 0 radical (unpaired) electrons. The van der Waals surface area contributed by atoms with E-state index in [1.165, 1.54) is 5.56 Å². The Hall–Kier alpha value is -0.830. The van der Waals surface area contributed by atoms with Gasteiger partial charge >= 0.3 is 0 Å². The number of carbonyl (C=O) groups excluding carboxylic acids is 1. The molecule has 0 heterocycles. The molecule has 0 fully saturated rings. The molecule has 0 aromatic heterocycles. The van der Waals surface area contributed by atoms with Crippen LogP contribution in [0.2, 0.25) is 0 Å². The Morgan fingerprint density at radius 2 is 1.87 bits per heavy atom. The van der Waals surface area contributed by atoms with Crippen LogP contribution in [0.25, 0.3) is 0 Å². The average molecular weight is 271 g/mol. The SMILES string of the molecule is COc1cc(C)c(C)cc1C(Br)C(C)=O. The lowest BCUT2D eigenvalue weighted by atomic mass is 10.0. The van der Waals surface area contributed by atoms with Gasteiger partial charge in [-0.15, -0.1) is 0 Å². The molecule has 2 nitrogen and oxygen atoms in total. The zero-order valence-corrected chi connectivity index (χ0v) is 11.0. The summed E-state index contributed by atoms with van der Waals surface area (Å²) in [6, 6.07) is 3.96. The number of methoxy groups -OCH3 is 1. The van der Waals surface area contributed by atoms with E-state index >= 15 is 0 Å². The minimum Gasteiger partial charge on any atom is -0.496 e. The molecule has 1 aromatic carbocycles. The molecule has 0 aliphatic heterocycles. The van der Waals surface area contributed by atoms with Gasteiger partial charge in [0.2, 0.25) is 0 Å². The topological polar surface area (TPSA) is 26.3 Å². The van der Waals surface area contributed by atoms with Crippen LogP contribution in [0.3, 0.4) is 0 Å². The number of Topliss-reactive ketones (excluding diaryl/α,β-unsaturated/α-hetero) is 1. The first-order valence-corrected chi connectivity index (χ1v) is 5.68. The molecule has 0 spiro atoms. The highest BCUT2D eigenvalue weighted by molar-refractivity contribution is 9.09. The van der Waals surface area contributed by atoms with Crippen molar-refractivity contribution in [3.05, 3.63) is 28.8 Å². The second-order valence-electron chi connectivity index (χ2n) is 3.65. The number of hydrogen-bond acceptors (Lipinski definition) is 2. The highest BCUT2D eigenvalue weighted by atomic mass is 79.9. The standard InChI is InChI=1S/C12H15BrO2/c1-7-5-10(12(13)9(3)14)11(15-4)6-8(7)2/h5-6,12H,1-4H3. The molecule has 0 saturated heterocycles. The fourth-order valence-corrected chi connectivity index (χ4v) is 1.76. The maximum absolute atomic E-state index is 11.3. The maximum Gasteiger partial charge on any atom is 0.147 e. The molecule has 0 aliphatic rings. The molecule has 0 saturated carbocycles. The third-order valence-corrected chi connectivity index (χ3v) is 3.61. The van der Waals surface area contributed by atoms with Gasteiger partial charge in [0.05, 0.1) is 7.11 Å². The Morgan fingerprint density at radius 1 is 1.33 bits per heavy atom. The van der Waals surface area contributed by atoms with Gasteiger partial charge in [0, 0.05) is 5.56 Å². The number of ether oxygens (including phenoxy) is 1. The number of aryl methyl sites for hydroxylation is 2. The van der Waals surface area contributed by atoms with Crippen LogP contribution in [0, 0.1) is 13.8 Å². The molecule has 0 amide bonds. The smallest absolute Gasteiger partial charge is 0.147 e. The lowest BCUT2D eigenvalue weighted by Gasteiger charge is -2.14. The van der Waals surface area contributed by atoms with Crippen LogP contribution in [-0.2, 0) is 4.79 Å². The van der Waals surface area contributed by atoms with Gasteiger partial charge in [0.1, 0.15) is 16.4 Å². The predicted octanol–water partition coefficient (Wildman–Crippen LogP) is 3.34. The fraction of sp³-hybridized carbons (Fsp3) is 0.417. The van der Waals surface area contributed by atoms with Gasteiger partial charge in [-0.05, 0) is 38.0 Å². The van der Waals surface area contributed by atoms with Crippen LogP contribution in [-0.4, -0.2) is 12.9 Å². The van der Waals surface area contributed by atoms with Gasteiger partial charge in [0.25, 0.3) is 0 Å². The monoisotopic (exact) mass is 270 g/mol. The molecular weight excluding hydrogens is 256 g/mol. The van der Waals surface area contributed by atoms with Crippen molar-refractivity contribution in [2.75, 3.05) is 7.11 Å². The van der Waals surface area contributed by atoms with Gasteiger partial charge in [-0.3, -0.25) is 4.79 Å². The number of rotatable bonds is 3. The zero-order chi connectivity index (χ0) is 11.6. The summed E-state index contributed by atoms with van der Waals surface area (Å²) in [6.45, 7) is 5.62. The van der Waals surface area contributed by atoms with E-state index in [4.69, 9.17) is 4.74 Å². The van der Waals surface area contributed by atoms with E-state index in [0.717, 1.165) is 16.9 Å². The van der Waals surface area contributed by atoms with E-state index in [1.54, 1.807) is 14.0 Å². The van der Waals surface area contributed by atoms with Crippen LogP contribution < -0.4 is 4.74 Å². The Labute approximate surface area is 98.8 Å². The Bertz CT molecular complexity index is 385. The number of hydrogen-bond donors (Lipinski definition) is 0. The van der Waals surface area contributed by atoms with Crippen molar-refractivity contribution in [3.63, 3.8) is 0 Å². The summed E-state index contributed by atoms with van der Waals surface area (Å²) in [5.74, 6) is 0.840. The largest absolute Gasteiger partial charge is 0.496 e. The second-order valence-corrected chi connectivity index (χ2v) is 4.57. The Balaban J connectivity index is 3.27. The second kappa shape index (κ2) is 4.79. The molecule has 82 valence electrons. The molecular formula is C12H15BrO2. The lowest BCUT2D eigenvalue weighted by molar-refractivity contribution is -0.116. The van der Waals surface area contributed by atoms with Crippen molar-refractivity contribution in [2.45, 2.75) is 25.6 Å². The fourth-order valence-electron chi connectivity index (χ4n) is 1.41. The van der Waals surface area contributed by atoms with E-state index in [-0.39, 0.29) is 10.6 Å². The van der Waals surface area contributed by atoms with Crippen molar-refractivity contribution in [3.8, 4) is 5.75 Å². The van der Waals surface area contributed by atoms with Crippen molar-refractivity contribution < 1.29 is 9.53 Å². The van der Waals surface area contributed by atoms with Crippen molar-refractivity contribution in [1.29, 1.82) is 0 Å². The summed E-state index contributed by atoms with van der Waals surface area (Å²) >= 11 is 3.37. The minimum absolute atomic E-state index is 0.0801. The molecule has 3 heteroatoms. The van der Waals surface area contributed by atoms with Gasteiger partial charge < -0.3 is 4.74 Å². The quantitative estimate of drug-likeness (QED) is 0.788. The van der Waals surface area contributed by atoms with Gasteiger partial charge in [-0.25, -0.2) is 0 Å². The van der Waals surface area contributed by atoms with Crippen LogP contribution >= 0.6 is 15.9 Å². The van der Waals surface area contributed by atoms with E-state index in [1.807, 2.05) is 26.0 Å². The number of benzene rings is 1. The van der Waals surface area contributed by atoms with Crippen molar-refractivity contribution >= 4 is 21.7 Å². The highest BCUT2D eigenvalue weighted by Crippen LogP contribution is 2.33. The van der Waals surface area contributed by atoms with Crippen LogP contribution in [0.15, 0.2) is 12.1 Å². The van der Waals surface area contributed by atoms with Gasteiger partial charge in [0.15, 0.2) is 0 Å². The zero-order valence-electron chi connectivity index (χ0n) is 9.43. The molecule has 1 aromatic rings. The number of alkyl halides is 1. The third-order valence-electron chi connectivity index (χ3n) is 2.48. The highest BCUT2D eigenvalue weighted by Gasteiger charge is 2.18. The molecule has 0 bridgehead atoms. The van der Waals surface area contributed by atoms with E-state index in [9.17, 15) is 4.79 Å². The molecule has 1 rings (SSSR count). The van der Waals surface area contributed by atoms with Crippen molar-refractivity contribution in [1.82, 2.24) is 0 Å². The van der Waals surface area contributed by atoms with Gasteiger partial charge in [-0.2, -0.15) is 0 Å². The number of ketones is 1. The average Bonchev–Trinajstić information content (AvgIpc) is 2.20. The van der Waals surface area contributed by atoms with E-state index in [0.29, 0.717) is 0 Å². The van der Waals surface area contributed by atoms with Crippen LogP contribution in [0.1, 0.15) is 28.4 Å². The first kappa shape index (κ1) is 12.2. The number of halogens is 1. The van der Waals surface area contributed by atoms with Crippen LogP contribution in [0.5, 0.6) is 5.75 Å². The third kappa shape index (κ3) is 2.59. The summed E-state index contributed by atoms with van der Waals surface area (Å²) in [5.41, 5.74) is 3.23. The maximum atomic E-state index is 11.3.